The highest BCUT2D eigenvalue weighted by Crippen LogP contribution is 2.24. The molecule has 0 radical (unpaired) electrons. The quantitative estimate of drug-likeness (QED) is 0.850. The molecule has 1 aromatic rings. The van der Waals surface area contributed by atoms with Crippen LogP contribution in [0.3, 0.4) is 0 Å². The van der Waals surface area contributed by atoms with Gasteiger partial charge in [-0.25, -0.2) is 18.4 Å². The fraction of sp³-hybridized carbons (Fsp3) is 0.643. The summed E-state index contributed by atoms with van der Waals surface area (Å²) >= 11 is 6.05. The molecule has 1 unspecified atom stereocenters. The summed E-state index contributed by atoms with van der Waals surface area (Å²) in [5.74, 6) is -0.0530. The fourth-order valence-corrected chi connectivity index (χ4v) is 4.89. The van der Waals surface area contributed by atoms with E-state index in [-0.39, 0.29) is 22.2 Å². The molecule has 2 rings (SSSR count). The number of amides is 1. The average molecular weight is 361 g/mol. The van der Waals surface area contributed by atoms with Crippen molar-refractivity contribution in [2.75, 3.05) is 29.5 Å². The van der Waals surface area contributed by atoms with E-state index in [9.17, 15) is 13.2 Å². The molecule has 9 heteroatoms. The Kier molecular flexibility index (Phi) is 5.15. The molecular formula is C14H21ClN4O3S. The molecule has 0 bridgehead atoms. The van der Waals surface area contributed by atoms with E-state index >= 15 is 0 Å². The Hall–Kier alpha value is -1.41. The van der Waals surface area contributed by atoms with Gasteiger partial charge in [-0.1, -0.05) is 11.6 Å². The summed E-state index contributed by atoms with van der Waals surface area (Å²) in [6, 6.07) is 0. The maximum atomic E-state index is 12.5. The Morgan fingerprint density at radius 3 is 2.61 bits per heavy atom. The summed E-state index contributed by atoms with van der Waals surface area (Å²) in [7, 11) is -3.11. The highest BCUT2D eigenvalue weighted by Gasteiger charge is 2.40. The summed E-state index contributed by atoms with van der Waals surface area (Å²) in [5.41, 5.74) is -0.728. The van der Waals surface area contributed by atoms with Crippen LogP contribution in [-0.2, 0) is 9.84 Å². The molecule has 1 aliphatic heterocycles. The number of carbonyl (C=O) groups is 1. The van der Waals surface area contributed by atoms with E-state index in [0.29, 0.717) is 25.5 Å². The first kappa shape index (κ1) is 17.9. The third kappa shape index (κ3) is 4.11. The van der Waals surface area contributed by atoms with Crippen LogP contribution in [0.1, 0.15) is 37.7 Å². The lowest BCUT2D eigenvalue weighted by atomic mass is 10.0. The number of anilines is 1. The lowest BCUT2D eigenvalue weighted by Crippen LogP contribution is -2.47. The lowest BCUT2D eigenvalue weighted by molar-refractivity contribution is 0.0910. The Bertz CT molecular complexity index is 706. The molecule has 1 atom stereocenters. The summed E-state index contributed by atoms with van der Waals surface area (Å²) in [5, 5.41) is 2.90. The Morgan fingerprint density at radius 2 is 2.09 bits per heavy atom. The standard InChI is InChI=1S/C14H21ClN4O3S/c1-4-19(5-2)13-16-8-10(15)11(17-13)12(20)18-14(3)6-7-23(21,22)9-14/h8H,4-7,9H2,1-3H3,(H,18,20). The van der Waals surface area contributed by atoms with Gasteiger partial charge in [0, 0.05) is 13.1 Å². The Labute approximate surface area is 141 Å². The molecule has 1 amide bonds. The molecule has 0 aliphatic carbocycles. The third-order valence-corrected chi connectivity index (χ3v) is 6.09. The van der Waals surface area contributed by atoms with Crippen molar-refractivity contribution in [2.45, 2.75) is 32.7 Å². The summed E-state index contributed by atoms with van der Waals surface area (Å²) in [6.07, 6.45) is 1.78. The number of sulfone groups is 1. The van der Waals surface area contributed by atoms with Crippen LogP contribution in [-0.4, -0.2) is 54.4 Å². The summed E-state index contributed by atoms with van der Waals surface area (Å²) in [6.45, 7) is 7.05. The van der Waals surface area contributed by atoms with Crippen molar-refractivity contribution < 1.29 is 13.2 Å². The van der Waals surface area contributed by atoms with Crippen molar-refractivity contribution in [3.8, 4) is 0 Å². The number of hydrogen-bond donors (Lipinski definition) is 1. The Morgan fingerprint density at radius 1 is 1.43 bits per heavy atom. The molecule has 23 heavy (non-hydrogen) atoms. The van der Waals surface area contributed by atoms with Gasteiger partial charge >= 0.3 is 0 Å². The molecule has 0 spiro atoms. The smallest absolute Gasteiger partial charge is 0.272 e. The van der Waals surface area contributed by atoms with Crippen molar-refractivity contribution in [3.05, 3.63) is 16.9 Å². The fourth-order valence-electron chi connectivity index (χ4n) is 2.62. The number of nitrogens with zero attached hydrogens (tertiary/aromatic N) is 3. The van der Waals surface area contributed by atoms with Gasteiger partial charge in [0.1, 0.15) is 0 Å². The van der Waals surface area contributed by atoms with Gasteiger partial charge < -0.3 is 10.2 Å². The molecular weight excluding hydrogens is 340 g/mol. The van der Waals surface area contributed by atoms with Crippen LogP contribution in [0.5, 0.6) is 0 Å². The van der Waals surface area contributed by atoms with Gasteiger partial charge in [-0.2, -0.15) is 0 Å². The first-order valence-corrected chi connectivity index (χ1v) is 9.70. The number of aromatic nitrogens is 2. The zero-order valence-electron chi connectivity index (χ0n) is 13.5. The van der Waals surface area contributed by atoms with Crippen molar-refractivity contribution in [1.82, 2.24) is 15.3 Å². The minimum atomic E-state index is -3.11. The van der Waals surface area contributed by atoms with E-state index in [0.717, 1.165) is 0 Å². The first-order valence-electron chi connectivity index (χ1n) is 7.50. The second kappa shape index (κ2) is 6.60. The highest BCUT2D eigenvalue weighted by atomic mass is 35.5. The van der Waals surface area contributed by atoms with Crippen LogP contribution < -0.4 is 10.2 Å². The summed E-state index contributed by atoms with van der Waals surface area (Å²) in [4.78, 5) is 22.8. The topological polar surface area (TPSA) is 92.3 Å². The van der Waals surface area contributed by atoms with Gasteiger partial charge in [0.15, 0.2) is 15.5 Å². The zero-order valence-corrected chi connectivity index (χ0v) is 15.0. The number of halogens is 1. The minimum Gasteiger partial charge on any atom is -0.344 e. The maximum Gasteiger partial charge on any atom is 0.272 e. The molecule has 0 aromatic carbocycles. The number of rotatable bonds is 5. The van der Waals surface area contributed by atoms with E-state index in [1.54, 1.807) is 6.92 Å². The number of nitrogens with one attached hydrogen (secondary N) is 1. The van der Waals surface area contributed by atoms with Crippen molar-refractivity contribution >= 4 is 33.3 Å². The molecule has 1 N–H and O–H groups in total. The second-order valence-electron chi connectivity index (χ2n) is 5.90. The SMILES string of the molecule is CCN(CC)c1ncc(Cl)c(C(=O)NC2(C)CCS(=O)(=O)C2)n1. The van der Waals surface area contributed by atoms with Gasteiger partial charge in [-0.15, -0.1) is 0 Å². The zero-order chi connectivity index (χ0) is 17.3. The normalized spacial score (nSPS) is 22.8. The molecule has 7 nitrogen and oxygen atoms in total. The van der Waals surface area contributed by atoms with Crippen LogP contribution in [0, 0.1) is 0 Å². The van der Waals surface area contributed by atoms with Crippen molar-refractivity contribution in [1.29, 1.82) is 0 Å². The van der Waals surface area contributed by atoms with Crippen molar-refractivity contribution in [3.63, 3.8) is 0 Å². The first-order chi connectivity index (χ1) is 10.7. The van der Waals surface area contributed by atoms with Gasteiger partial charge in [0.25, 0.3) is 5.91 Å². The van der Waals surface area contributed by atoms with E-state index in [1.165, 1.54) is 6.20 Å². The molecule has 0 saturated carbocycles. The minimum absolute atomic E-state index is 0.0640. The number of carbonyl (C=O) groups excluding carboxylic acids is 1. The monoisotopic (exact) mass is 360 g/mol. The van der Waals surface area contributed by atoms with Crippen LogP contribution in [0.2, 0.25) is 5.02 Å². The van der Waals surface area contributed by atoms with E-state index in [2.05, 4.69) is 15.3 Å². The second-order valence-corrected chi connectivity index (χ2v) is 8.49. The van der Waals surface area contributed by atoms with Crippen LogP contribution in [0.25, 0.3) is 0 Å². The third-order valence-electron chi connectivity index (χ3n) is 3.91. The number of hydrogen-bond acceptors (Lipinski definition) is 6. The molecule has 1 aromatic heterocycles. The predicted octanol–water partition coefficient (Wildman–Crippen LogP) is 1.28. The molecule has 128 valence electrons. The molecule has 1 aliphatic rings. The van der Waals surface area contributed by atoms with Crippen LogP contribution >= 0.6 is 11.6 Å². The molecule has 2 heterocycles. The van der Waals surface area contributed by atoms with Crippen molar-refractivity contribution in [2.24, 2.45) is 0 Å². The van der Waals surface area contributed by atoms with E-state index < -0.39 is 21.3 Å². The maximum absolute atomic E-state index is 12.5. The van der Waals surface area contributed by atoms with Crippen LogP contribution in [0.15, 0.2) is 6.20 Å². The van der Waals surface area contributed by atoms with Gasteiger partial charge in [0.2, 0.25) is 5.95 Å². The van der Waals surface area contributed by atoms with Gasteiger partial charge in [-0.3, -0.25) is 4.79 Å². The largest absolute Gasteiger partial charge is 0.344 e. The molecule has 1 saturated heterocycles. The summed E-state index contributed by atoms with van der Waals surface area (Å²) < 4.78 is 23.3. The predicted molar refractivity (Wildman–Crippen MR) is 89.7 cm³/mol. The van der Waals surface area contributed by atoms with Gasteiger partial charge in [0.05, 0.1) is 28.3 Å². The lowest BCUT2D eigenvalue weighted by Gasteiger charge is -2.24. The van der Waals surface area contributed by atoms with E-state index in [1.807, 2.05) is 18.7 Å². The molecule has 1 fully saturated rings. The Balaban J connectivity index is 2.24. The van der Waals surface area contributed by atoms with Crippen LogP contribution in [0.4, 0.5) is 5.95 Å². The average Bonchev–Trinajstić information content (AvgIpc) is 2.75. The van der Waals surface area contributed by atoms with E-state index in [4.69, 9.17) is 11.6 Å². The highest BCUT2D eigenvalue weighted by molar-refractivity contribution is 7.91. The van der Waals surface area contributed by atoms with Gasteiger partial charge in [-0.05, 0) is 27.2 Å².